The first-order valence-corrected chi connectivity index (χ1v) is 8.01. The molecule has 1 heterocycles. The molecule has 0 bridgehead atoms. The summed E-state index contributed by atoms with van der Waals surface area (Å²) in [6.45, 7) is 4.15. The number of nitrogens with zero attached hydrogens (tertiary/aromatic N) is 1. The van der Waals surface area contributed by atoms with Gasteiger partial charge in [0.15, 0.2) is 5.60 Å². The Labute approximate surface area is 139 Å². The van der Waals surface area contributed by atoms with E-state index in [1.165, 1.54) is 4.90 Å². The normalized spacial score (nSPS) is 19.0. The highest BCUT2D eigenvalue weighted by Gasteiger charge is 2.54. The molecule has 0 saturated carbocycles. The van der Waals surface area contributed by atoms with Crippen LogP contribution < -0.4 is 5.32 Å². The molecule has 2 rings (SSSR count). The van der Waals surface area contributed by atoms with Crippen LogP contribution in [-0.2, 0) is 0 Å². The second kappa shape index (κ2) is 7.01. The minimum Gasteiger partial charge on any atom is -0.380 e. The van der Waals surface area contributed by atoms with Crippen molar-refractivity contribution in [1.82, 2.24) is 10.2 Å². The van der Waals surface area contributed by atoms with Crippen molar-refractivity contribution in [3.63, 3.8) is 0 Å². The van der Waals surface area contributed by atoms with E-state index in [9.17, 15) is 23.1 Å². The number of hydrogen-bond acceptors (Lipinski definition) is 2. The number of alkyl halides is 3. The first-order valence-electron chi connectivity index (χ1n) is 8.01. The molecule has 0 spiro atoms. The van der Waals surface area contributed by atoms with Gasteiger partial charge in [0.25, 0.3) is 0 Å². The number of likely N-dealkylation sites (tertiary alicyclic amines) is 1. The highest BCUT2D eigenvalue weighted by atomic mass is 19.4. The average molecular weight is 344 g/mol. The second-order valence-electron chi connectivity index (χ2n) is 6.51. The minimum absolute atomic E-state index is 0.103. The number of carbonyl (C=O) groups is 1. The topological polar surface area (TPSA) is 52.6 Å². The number of aryl methyl sites for hydroxylation is 1. The van der Waals surface area contributed by atoms with Crippen LogP contribution in [0.5, 0.6) is 0 Å². The van der Waals surface area contributed by atoms with Crippen molar-refractivity contribution in [3.8, 4) is 0 Å². The average Bonchev–Trinajstić information content (AvgIpc) is 2.52. The lowest BCUT2D eigenvalue weighted by Crippen LogP contribution is -2.56. The molecule has 0 aromatic heterocycles. The lowest BCUT2D eigenvalue weighted by Gasteiger charge is -2.39. The molecular weight excluding hydrogens is 321 g/mol. The fourth-order valence-corrected chi connectivity index (χ4v) is 2.73. The van der Waals surface area contributed by atoms with Crippen LogP contribution in [0.25, 0.3) is 0 Å². The minimum atomic E-state index is -4.66. The monoisotopic (exact) mass is 344 g/mol. The Balaban J connectivity index is 1.83. The number of benzene rings is 1. The van der Waals surface area contributed by atoms with Gasteiger partial charge in [-0.2, -0.15) is 13.2 Å². The molecular formula is C17H23F3N2O2. The van der Waals surface area contributed by atoms with Crippen molar-refractivity contribution >= 4 is 6.03 Å². The van der Waals surface area contributed by atoms with Gasteiger partial charge in [-0.25, -0.2) is 4.79 Å². The summed E-state index contributed by atoms with van der Waals surface area (Å²) in [6, 6.07) is 7.60. The molecule has 1 aliphatic rings. The van der Waals surface area contributed by atoms with E-state index in [1.807, 2.05) is 38.1 Å². The van der Waals surface area contributed by atoms with E-state index in [4.69, 9.17) is 0 Å². The van der Waals surface area contributed by atoms with Crippen molar-refractivity contribution in [2.24, 2.45) is 0 Å². The molecule has 1 fully saturated rings. The molecule has 1 aromatic carbocycles. The summed E-state index contributed by atoms with van der Waals surface area (Å²) >= 11 is 0. The van der Waals surface area contributed by atoms with E-state index >= 15 is 0 Å². The van der Waals surface area contributed by atoms with Gasteiger partial charge in [-0.05, 0) is 18.4 Å². The van der Waals surface area contributed by atoms with Crippen LogP contribution in [-0.4, -0.2) is 47.4 Å². The molecule has 1 saturated heterocycles. The Hall–Kier alpha value is -1.76. The van der Waals surface area contributed by atoms with Crippen molar-refractivity contribution in [1.29, 1.82) is 0 Å². The third kappa shape index (κ3) is 4.20. The van der Waals surface area contributed by atoms with Gasteiger partial charge < -0.3 is 15.3 Å². The molecule has 1 atom stereocenters. The van der Waals surface area contributed by atoms with E-state index in [1.54, 1.807) is 0 Å². The van der Waals surface area contributed by atoms with Crippen LogP contribution in [0.3, 0.4) is 0 Å². The molecule has 0 aliphatic carbocycles. The maximum absolute atomic E-state index is 12.8. The van der Waals surface area contributed by atoms with Gasteiger partial charge in [0.2, 0.25) is 0 Å². The molecule has 2 amide bonds. The van der Waals surface area contributed by atoms with Gasteiger partial charge in [0.1, 0.15) is 0 Å². The Morgan fingerprint density at radius 2 is 1.83 bits per heavy atom. The van der Waals surface area contributed by atoms with E-state index < -0.39 is 30.7 Å². The Bertz CT molecular complexity index is 564. The number of nitrogens with one attached hydrogen (secondary N) is 1. The van der Waals surface area contributed by atoms with Gasteiger partial charge in [0, 0.05) is 32.5 Å². The zero-order valence-electron chi connectivity index (χ0n) is 13.9. The summed E-state index contributed by atoms with van der Waals surface area (Å²) in [5, 5.41) is 12.4. The SMILES string of the molecule is Cc1ccc(C(C)CNC(=O)N2CCC(O)(C(F)(F)F)CC2)cc1. The lowest BCUT2D eigenvalue weighted by atomic mass is 9.91. The van der Waals surface area contributed by atoms with Gasteiger partial charge in [-0.1, -0.05) is 36.8 Å². The number of carbonyl (C=O) groups excluding carboxylic acids is 1. The standard InChI is InChI=1S/C17H23F3N2O2/c1-12-3-5-14(6-4-12)13(2)11-21-15(23)22-9-7-16(24,8-10-22)17(18,19)20/h3-6,13,24H,7-11H2,1-2H3,(H,21,23). The molecule has 7 heteroatoms. The first kappa shape index (κ1) is 18.6. The smallest absolute Gasteiger partial charge is 0.380 e. The van der Waals surface area contributed by atoms with E-state index in [2.05, 4.69) is 5.32 Å². The molecule has 134 valence electrons. The number of rotatable bonds is 3. The highest BCUT2D eigenvalue weighted by molar-refractivity contribution is 5.74. The zero-order chi connectivity index (χ0) is 18.0. The first-order chi connectivity index (χ1) is 11.1. The summed E-state index contributed by atoms with van der Waals surface area (Å²) in [4.78, 5) is 13.4. The molecule has 1 unspecified atom stereocenters. The molecule has 1 aromatic rings. The Morgan fingerprint density at radius 1 is 1.29 bits per heavy atom. The predicted molar refractivity (Wildman–Crippen MR) is 84.8 cm³/mol. The van der Waals surface area contributed by atoms with Crippen LogP contribution in [0.1, 0.15) is 36.8 Å². The van der Waals surface area contributed by atoms with Crippen molar-refractivity contribution in [2.45, 2.75) is 44.4 Å². The summed E-state index contributed by atoms with van der Waals surface area (Å²) < 4.78 is 38.3. The third-order valence-electron chi connectivity index (χ3n) is 4.61. The number of amides is 2. The van der Waals surface area contributed by atoms with Crippen LogP contribution in [0, 0.1) is 6.92 Å². The molecule has 2 N–H and O–H groups in total. The van der Waals surface area contributed by atoms with E-state index in [0.717, 1.165) is 11.1 Å². The largest absolute Gasteiger partial charge is 0.417 e. The second-order valence-corrected chi connectivity index (χ2v) is 6.51. The van der Waals surface area contributed by atoms with Crippen LogP contribution >= 0.6 is 0 Å². The van der Waals surface area contributed by atoms with Gasteiger partial charge in [-0.15, -0.1) is 0 Å². The zero-order valence-corrected chi connectivity index (χ0v) is 13.9. The fraction of sp³-hybridized carbons (Fsp3) is 0.588. The van der Waals surface area contributed by atoms with Gasteiger partial charge >= 0.3 is 12.2 Å². The fourth-order valence-electron chi connectivity index (χ4n) is 2.73. The van der Waals surface area contributed by atoms with Gasteiger partial charge in [0.05, 0.1) is 0 Å². The molecule has 24 heavy (non-hydrogen) atoms. The van der Waals surface area contributed by atoms with Crippen LogP contribution in [0.15, 0.2) is 24.3 Å². The summed E-state index contributed by atoms with van der Waals surface area (Å²) in [7, 11) is 0. The summed E-state index contributed by atoms with van der Waals surface area (Å²) in [5.41, 5.74) is -0.439. The van der Waals surface area contributed by atoms with E-state index in [0.29, 0.717) is 6.54 Å². The number of hydrogen-bond donors (Lipinski definition) is 2. The van der Waals surface area contributed by atoms with Crippen molar-refractivity contribution in [3.05, 3.63) is 35.4 Å². The van der Waals surface area contributed by atoms with Crippen LogP contribution in [0.4, 0.5) is 18.0 Å². The molecule has 1 aliphatic heterocycles. The quantitative estimate of drug-likeness (QED) is 0.885. The highest BCUT2D eigenvalue weighted by Crippen LogP contribution is 2.38. The summed E-state index contributed by atoms with van der Waals surface area (Å²) in [6.07, 6.45) is -5.63. The van der Waals surface area contributed by atoms with Crippen LogP contribution in [0.2, 0.25) is 0 Å². The van der Waals surface area contributed by atoms with Gasteiger partial charge in [-0.3, -0.25) is 0 Å². The maximum atomic E-state index is 12.8. The molecule has 4 nitrogen and oxygen atoms in total. The lowest BCUT2D eigenvalue weighted by molar-refractivity contribution is -0.271. The number of piperidine rings is 1. The number of urea groups is 1. The predicted octanol–water partition coefficient (Wildman–Crippen LogP) is 3.20. The van der Waals surface area contributed by atoms with Crippen molar-refractivity contribution < 1.29 is 23.1 Å². The number of aliphatic hydroxyl groups is 1. The summed E-state index contributed by atoms with van der Waals surface area (Å²) in [5.74, 6) is 0.103. The maximum Gasteiger partial charge on any atom is 0.417 e. The Kier molecular flexibility index (Phi) is 5.42. The third-order valence-corrected chi connectivity index (χ3v) is 4.61. The molecule has 0 radical (unpaired) electrons. The Morgan fingerprint density at radius 3 is 2.33 bits per heavy atom. The van der Waals surface area contributed by atoms with E-state index in [-0.39, 0.29) is 19.0 Å². The van der Waals surface area contributed by atoms with Crippen molar-refractivity contribution in [2.75, 3.05) is 19.6 Å². The number of halogens is 3.